The van der Waals surface area contributed by atoms with Gasteiger partial charge in [0.2, 0.25) is 0 Å². The molecule has 6 nitrogen and oxygen atoms in total. The molecule has 1 aliphatic heterocycles. The van der Waals surface area contributed by atoms with Crippen molar-refractivity contribution < 1.29 is 18.3 Å². The third-order valence-corrected chi connectivity index (χ3v) is 5.20. The Labute approximate surface area is 156 Å². The SMILES string of the molecule is CCCOC1(OCCC)N=C(N)C2(C#N)C(c3cc(F)ccc3F)C12C#N. The van der Waals surface area contributed by atoms with Crippen LogP contribution >= 0.6 is 0 Å². The predicted octanol–water partition coefficient (Wildman–Crippen LogP) is 2.96. The maximum Gasteiger partial charge on any atom is 0.293 e. The van der Waals surface area contributed by atoms with Crippen LogP contribution in [0.4, 0.5) is 8.78 Å². The fraction of sp³-hybridized carbons (Fsp3) is 0.526. The van der Waals surface area contributed by atoms with Crippen LogP contribution in [0.25, 0.3) is 0 Å². The summed E-state index contributed by atoms with van der Waals surface area (Å²) in [5.41, 5.74) is 2.61. The van der Waals surface area contributed by atoms with Gasteiger partial charge in [-0.3, -0.25) is 0 Å². The normalized spacial score (nSPS) is 30.1. The summed E-state index contributed by atoms with van der Waals surface area (Å²) in [5, 5.41) is 20.0. The van der Waals surface area contributed by atoms with E-state index in [0.29, 0.717) is 12.8 Å². The van der Waals surface area contributed by atoms with Gasteiger partial charge in [-0.2, -0.15) is 10.5 Å². The number of aliphatic imine (C=N–C) groups is 1. The van der Waals surface area contributed by atoms with Crippen LogP contribution in [0.15, 0.2) is 23.2 Å². The number of hydrogen-bond acceptors (Lipinski definition) is 6. The smallest absolute Gasteiger partial charge is 0.293 e. The van der Waals surface area contributed by atoms with Crippen molar-refractivity contribution in [1.82, 2.24) is 0 Å². The van der Waals surface area contributed by atoms with Crippen molar-refractivity contribution in [3.8, 4) is 12.1 Å². The second-order valence-electron chi connectivity index (χ2n) is 6.71. The van der Waals surface area contributed by atoms with E-state index < -0.39 is 34.3 Å². The molecule has 8 heteroatoms. The average Bonchev–Trinajstić information content (AvgIpc) is 3.24. The maximum atomic E-state index is 14.5. The summed E-state index contributed by atoms with van der Waals surface area (Å²) in [5.74, 6) is -4.46. The zero-order valence-corrected chi connectivity index (χ0v) is 15.1. The standard InChI is InChI=1S/C19H20F2N4O2/c1-3-7-26-19(27-8-4-2)18(11-23)15(17(18,10-22)16(24)25-19)13-9-12(20)5-6-14(13)21/h5-6,9,15H,3-4,7-8H2,1-2H3,(H2,24,25). The molecule has 2 N–H and O–H groups in total. The number of halogens is 2. The third-order valence-electron chi connectivity index (χ3n) is 5.20. The van der Waals surface area contributed by atoms with Gasteiger partial charge in [-0.25, -0.2) is 13.8 Å². The van der Waals surface area contributed by atoms with E-state index >= 15 is 0 Å². The lowest BCUT2D eigenvalue weighted by Crippen LogP contribution is -2.44. The van der Waals surface area contributed by atoms with E-state index in [9.17, 15) is 19.3 Å². The molecule has 0 amide bonds. The highest BCUT2D eigenvalue weighted by molar-refractivity contribution is 6.00. The Kier molecular flexibility index (Phi) is 4.67. The van der Waals surface area contributed by atoms with Gasteiger partial charge < -0.3 is 15.2 Å². The lowest BCUT2D eigenvalue weighted by Gasteiger charge is -2.32. The molecule has 0 spiro atoms. The largest absolute Gasteiger partial charge is 0.386 e. The zero-order valence-electron chi connectivity index (χ0n) is 15.1. The molecule has 3 rings (SSSR count). The molecule has 3 atom stereocenters. The zero-order chi connectivity index (χ0) is 19.9. The molecule has 1 aliphatic carbocycles. The molecule has 1 heterocycles. The van der Waals surface area contributed by atoms with Crippen LogP contribution < -0.4 is 5.73 Å². The van der Waals surface area contributed by atoms with E-state index in [1.54, 1.807) is 0 Å². The molecular weight excluding hydrogens is 354 g/mol. The van der Waals surface area contributed by atoms with Crippen molar-refractivity contribution in [3.63, 3.8) is 0 Å². The number of amidine groups is 1. The van der Waals surface area contributed by atoms with Crippen LogP contribution in [0.2, 0.25) is 0 Å². The summed E-state index contributed by atoms with van der Waals surface area (Å²) < 4.78 is 40.0. The van der Waals surface area contributed by atoms with Crippen LogP contribution in [0.3, 0.4) is 0 Å². The number of nitrogens with zero attached hydrogens (tertiary/aromatic N) is 3. The van der Waals surface area contributed by atoms with Crippen LogP contribution in [0.1, 0.15) is 38.2 Å². The van der Waals surface area contributed by atoms with E-state index in [2.05, 4.69) is 11.1 Å². The second kappa shape index (κ2) is 6.56. The van der Waals surface area contributed by atoms with Crippen LogP contribution in [0.5, 0.6) is 0 Å². The van der Waals surface area contributed by atoms with E-state index in [1.807, 2.05) is 19.9 Å². The Morgan fingerprint density at radius 2 is 1.78 bits per heavy atom. The predicted molar refractivity (Wildman–Crippen MR) is 92.0 cm³/mol. The Hall–Kier alpha value is -2.55. The van der Waals surface area contributed by atoms with Gasteiger partial charge in [-0.05, 0) is 36.6 Å². The summed E-state index contributed by atoms with van der Waals surface area (Å²) >= 11 is 0. The number of hydrogen-bond donors (Lipinski definition) is 1. The highest BCUT2D eigenvalue weighted by Crippen LogP contribution is 2.82. The molecular formula is C19H20F2N4O2. The van der Waals surface area contributed by atoms with Crippen molar-refractivity contribution in [2.45, 2.75) is 38.5 Å². The number of nitrogens with two attached hydrogens (primary N) is 1. The molecule has 0 saturated heterocycles. The second-order valence-corrected chi connectivity index (χ2v) is 6.71. The van der Waals surface area contributed by atoms with Crippen molar-refractivity contribution in [2.75, 3.05) is 13.2 Å². The van der Waals surface area contributed by atoms with Crippen molar-refractivity contribution in [1.29, 1.82) is 10.5 Å². The van der Waals surface area contributed by atoms with E-state index in [4.69, 9.17) is 15.2 Å². The van der Waals surface area contributed by atoms with Gasteiger partial charge in [-0.15, -0.1) is 0 Å². The van der Waals surface area contributed by atoms with Gasteiger partial charge in [0.1, 0.15) is 22.9 Å². The van der Waals surface area contributed by atoms with E-state index in [0.717, 1.165) is 18.2 Å². The minimum absolute atomic E-state index is 0.111. The lowest BCUT2D eigenvalue weighted by atomic mass is 9.93. The van der Waals surface area contributed by atoms with Gasteiger partial charge >= 0.3 is 0 Å². The minimum Gasteiger partial charge on any atom is -0.386 e. The number of nitriles is 2. The van der Waals surface area contributed by atoms with Crippen LogP contribution in [0, 0.1) is 45.1 Å². The summed E-state index contributed by atoms with van der Waals surface area (Å²) in [6, 6.07) is 7.03. The Morgan fingerprint density at radius 1 is 1.15 bits per heavy atom. The van der Waals surface area contributed by atoms with Gasteiger partial charge in [0.25, 0.3) is 5.91 Å². The van der Waals surface area contributed by atoms with Crippen molar-refractivity contribution in [3.05, 3.63) is 35.4 Å². The van der Waals surface area contributed by atoms with E-state index in [-0.39, 0.29) is 24.6 Å². The Morgan fingerprint density at radius 3 is 2.30 bits per heavy atom. The summed E-state index contributed by atoms with van der Waals surface area (Å²) in [4.78, 5) is 4.23. The first-order valence-corrected chi connectivity index (χ1v) is 8.81. The molecule has 27 heavy (non-hydrogen) atoms. The maximum absolute atomic E-state index is 14.5. The highest BCUT2D eigenvalue weighted by Gasteiger charge is 2.94. The van der Waals surface area contributed by atoms with Crippen LogP contribution in [-0.4, -0.2) is 25.0 Å². The number of ether oxygens (including phenoxy) is 2. The minimum atomic E-state index is -1.84. The first-order chi connectivity index (χ1) is 12.9. The Balaban J connectivity index is 2.21. The van der Waals surface area contributed by atoms with Gasteiger partial charge in [0.15, 0.2) is 5.41 Å². The molecule has 1 aromatic rings. The lowest BCUT2D eigenvalue weighted by molar-refractivity contribution is -0.259. The summed E-state index contributed by atoms with van der Waals surface area (Å²) in [6.45, 7) is 4.12. The monoisotopic (exact) mass is 374 g/mol. The van der Waals surface area contributed by atoms with E-state index in [1.165, 1.54) is 0 Å². The Bertz CT molecular complexity index is 867. The third kappa shape index (κ3) is 2.24. The van der Waals surface area contributed by atoms with Crippen LogP contribution in [-0.2, 0) is 9.47 Å². The summed E-state index contributed by atoms with van der Waals surface area (Å²) in [6.07, 6.45) is 1.21. The quantitative estimate of drug-likeness (QED) is 0.739. The molecule has 1 saturated carbocycles. The molecule has 0 radical (unpaired) electrons. The molecule has 3 unspecified atom stereocenters. The van der Waals surface area contributed by atoms with Gasteiger partial charge in [-0.1, -0.05) is 13.8 Å². The molecule has 0 aromatic heterocycles. The number of benzene rings is 1. The summed E-state index contributed by atoms with van der Waals surface area (Å²) in [7, 11) is 0. The molecule has 1 aromatic carbocycles. The molecule has 2 aliphatic rings. The molecule has 0 bridgehead atoms. The number of rotatable bonds is 7. The average molecular weight is 374 g/mol. The fourth-order valence-electron chi connectivity index (χ4n) is 4.04. The van der Waals surface area contributed by atoms with Crippen molar-refractivity contribution >= 4 is 5.84 Å². The fourth-order valence-corrected chi connectivity index (χ4v) is 4.04. The first kappa shape index (κ1) is 19.2. The van der Waals surface area contributed by atoms with Gasteiger partial charge in [0.05, 0.1) is 25.4 Å². The number of fused-ring (bicyclic) bond motifs is 1. The molecule has 1 fully saturated rings. The first-order valence-electron chi connectivity index (χ1n) is 8.81. The van der Waals surface area contributed by atoms with Crippen molar-refractivity contribution in [2.24, 2.45) is 21.6 Å². The molecule has 142 valence electrons. The topological polar surface area (TPSA) is 104 Å². The van der Waals surface area contributed by atoms with Gasteiger partial charge in [0, 0.05) is 5.92 Å². The highest BCUT2D eigenvalue weighted by atomic mass is 19.1.